The highest BCUT2D eigenvalue weighted by Gasteiger charge is 2.29. The van der Waals surface area contributed by atoms with Gasteiger partial charge in [-0.25, -0.2) is 4.79 Å². The number of hydrogen-bond donors (Lipinski definition) is 0. The molecular weight excluding hydrogens is 358 g/mol. The summed E-state index contributed by atoms with van der Waals surface area (Å²) < 4.78 is 8.37. The minimum absolute atomic E-state index is 0.280. The second-order valence-corrected chi connectivity index (χ2v) is 7.39. The van der Waals surface area contributed by atoms with E-state index in [9.17, 15) is 4.79 Å². The van der Waals surface area contributed by atoms with Gasteiger partial charge in [0, 0.05) is 12.1 Å². The summed E-state index contributed by atoms with van der Waals surface area (Å²) in [5.74, 6) is 0. The highest BCUT2D eigenvalue weighted by molar-refractivity contribution is 9.10. The van der Waals surface area contributed by atoms with Gasteiger partial charge in [-0.2, -0.15) is 5.10 Å². The third-order valence-corrected chi connectivity index (χ3v) is 4.45. The van der Waals surface area contributed by atoms with E-state index in [1.807, 2.05) is 55.8 Å². The van der Waals surface area contributed by atoms with Crippen molar-refractivity contribution in [3.05, 3.63) is 40.5 Å². The van der Waals surface area contributed by atoms with E-state index >= 15 is 0 Å². The van der Waals surface area contributed by atoms with Crippen LogP contribution in [-0.4, -0.2) is 32.9 Å². The molecule has 5 nitrogen and oxygen atoms in total. The fraction of sp³-hybridized carbons (Fsp3) is 0.412. The molecule has 1 aliphatic heterocycles. The number of amides is 1. The number of carbonyl (C=O) groups excluding carboxylic acids is 1. The van der Waals surface area contributed by atoms with Crippen molar-refractivity contribution < 1.29 is 9.53 Å². The minimum atomic E-state index is -0.485. The van der Waals surface area contributed by atoms with Crippen LogP contribution in [0.1, 0.15) is 26.5 Å². The monoisotopic (exact) mass is 377 g/mol. The Labute approximate surface area is 144 Å². The first-order chi connectivity index (χ1) is 10.8. The maximum atomic E-state index is 12.3. The molecule has 0 fully saturated rings. The lowest BCUT2D eigenvalue weighted by atomic mass is 10.1. The number of benzene rings is 1. The molecule has 1 amide bonds. The van der Waals surface area contributed by atoms with Gasteiger partial charge in [0.05, 0.1) is 23.3 Å². The van der Waals surface area contributed by atoms with Crippen LogP contribution in [0.15, 0.2) is 34.8 Å². The first-order valence-electron chi connectivity index (χ1n) is 7.64. The zero-order valence-electron chi connectivity index (χ0n) is 13.5. The second kappa shape index (κ2) is 6.00. The van der Waals surface area contributed by atoms with Crippen LogP contribution in [0.5, 0.6) is 0 Å². The Morgan fingerprint density at radius 1 is 1.22 bits per heavy atom. The molecule has 3 rings (SSSR count). The molecule has 122 valence electrons. The number of aromatic nitrogens is 2. The molecule has 0 saturated heterocycles. The van der Waals surface area contributed by atoms with Gasteiger partial charge in [0.2, 0.25) is 0 Å². The van der Waals surface area contributed by atoms with Crippen molar-refractivity contribution in [3.63, 3.8) is 0 Å². The molecule has 0 N–H and O–H groups in total. The maximum absolute atomic E-state index is 12.3. The molecule has 2 heterocycles. The smallest absolute Gasteiger partial charge is 0.410 e. The highest BCUT2D eigenvalue weighted by Crippen LogP contribution is 2.32. The van der Waals surface area contributed by atoms with E-state index in [2.05, 4.69) is 21.0 Å². The molecule has 0 bridgehead atoms. The normalized spacial score (nSPS) is 14.5. The van der Waals surface area contributed by atoms with Crippen molar-refractivity contribution in [3.8, 4) is 11.3 Å². The third-order valence-electron chi connectivity index (χ3n) is 3.61. The van der Waals surface area contributed by atoms with Crippen molar-refractivity contribution in [2.75, 3.05) is 6.54 Å². The first-order valence-corrected chi connectivity index (χ1v) is 8.43. The third kappa shape index (κ3) is 3.42. The Morgan fingerprint density at radius 3 is 2.57 bits per heavy atom. The van der Waals surface area contributed by atoms with E-state index in [0.717, 1.165) is 21.4 Å². The number of ether oxygens (including phenoxy) is 1. The largest absolute Gasteiger partial charge is 0.444 e. The number of fused-ring (bicyclic) bond motifs is 1. The van der Waals surface area contributed by atoms with E-state index in [0.29, 0.717) is 19.6 Å². The molecule has 23 heavy (non-hydrogen) atoms. The number of halogens is 1. The molecule has 0 atom stereocenters. The van der Waals surface area contributed by atoms with E-state index < -0.39 is 5.60 Å². The van der Waals surface area contributed by atoms with Gasteiger partial charge in [0.1, 0.15) is 11.3 Å². The van der Waals surface area contributed by atoms with E-state index in [1.54, 1.807) is 4.90 Å². The van der Waals surface area contributed by atoms with Crippen LogP contribution in [0, 0.1) is 0 Å². The molecule has 0 unspecified atom stereocenters. The first kappa shape index (κ1) is 16.1. The predicted octanol–water partition coefficient (Wildman–Crippen LogP) is 4.06. The van der Waals surface area contributed by atoms with E-state index in [4.69, 9.17) is 4.74 Å². The molecule has 1 aromatic heterocycles. The summed E-state index contributed by atoms with van der Waals surface area (Å²) in [4.78, 5) is 14.0. The SMILES string of the molecule is CC(C)(C)OC(=O)N1CCn2nc(-c3ccccc3)c(Br)c2C1. The van der Waals surface area contributed by atoms with Crippen LogP contribution >= 0.6 is 15.9 Å². The van der Waals surface area contributed by atoms with Gasteiger partial charge in [-0.05, 0) is 36.7 Å². The van der Waals surface area contributed by atoms with Crippen LogP contribution in [0.25, 0.3) is 11.3 Å². The molecule has 2 aromatic rings. The molecule has 1 aliphatic rings. The summed E-state index contributed by atoms with van der Waals surface area (Å²) in [6, 6.07) is 10.0. The summed E-state index contributed by atoms with van der Waals surface area (Å²) in [5.41, 5.74) is 2.49. The van der Waals surface area contributed by atoms with Gasteiger partial charge in [-0.1, -0.05) is 30.3 Å². The summed E-state index contributed by atoms with van der Waals surface area (Å²) in [6.45, 7) is 7.40. The molecule has 0 saturated carbocycles. The van der Waals surface area contributed by atoms with Gasteiger partial charge in [0.25, 0.3) is 0 Å². The Bertz CT molecular complexity index is 719. The average Bonchev–Trinajstić information content (AvgIpc) is 2.83. The fourth-order valence-corrected chi connectivity index (χ4v) is 3.19. The van der Waals surface area contributed by atoms with Gasteiger partial charge in [0.15, 0.2) is 0 Å². The molecule has 1 aromatic carbocycles. The Morgan fingerprint density at radius 2 is 1.91 bits per heavy atom. The minimum Gasteiger partial charge on any atom is -0.444 e. The molecule has 6 heteroatoms. The lowest BCUT2D eigenvalue weighted by molar-refractivity contribution is 0.0194. The number of hydrogen-bond acceptors (Lipinski definition) is 3. The molecule has 0 radical (unpaired) electrons. The Hall–Kier alpha value is -1.82. The maximum Gasteiger partial charge on any atom is 0.410 e. The zero-order valence-corrected chi connectivity index (χ0v) is 15.1. The van der Waals surface area contributed by atoms with Crippen molar-refractivity contribution in [2.45, 2.75) is 39.5 Å². The van der Waals surface area contributed by atoms with Crippen LogP contribution in [-0.2, 0) is 17.8 Å². The van der Waals surface area contributed by atoms with Crippen LogP contribution in [0.4, 0.5) is 4.79 Å². The van der Waals surface area contributed by atoms with Gasteiger partial charge >= 0.3 is 6.09 Å². The Balaban J connectivity index is 1.84. The predicted molar refractivity (Wildman–Crippen MR) is 92.0 cm³/mol. The quantitative estimate of drug-likeness (QED) is 0.752. The zero-order chi connectivity index (χ0) is 16.6. The summed E-state index contributed by atoms with van der Waals surface area (Å²) in [7, 11) is 0. The fourth-order valence-electron chi connectivity index (χ4n) is 2.55. The lowest BCUT2D eigenvalue weighted by Crippen LogP contribution is -2.41. The molecular formula is C17H20BrN3O2. The summed E-state index contributed by atoms with van der Waals surface area (Å²) in [5, 5.41) is 4.68. The van der Waals surface area contributed by atoms with E-state index in [-0.39, 0.29) is 6.09 Å². The van der Waals surface area contributed by atoms with Gasteiger partial charge in [-0.15, -0.1) is 0 Å². The number of carbonyl (C=O) groups is 1. The van der Waals surface area contributed by atoms with Gasteiger partial charge < -0.3 is 9.64 Å². The summed E-state index contributed by atoms with van der Waals surface area (Å²) in [6.07, 6.45) is -0.280. The number of rotatable bonds is 1. The van der Waals surface area contributed by atoms with Crippen molar-refractivity contribution >= 4 is 22.0 Å². The van der Waals surface area contributed by atoms with Gasteiger partial charge in [-0.3, -0.25) is 4.68 Å². The Kier molecular flexibility index (Phi) is 4.19. The average molecular weight is 378 g/mol. The highest BCUT2D eigenvalue weighted by atomic mass is 79.9. The molecule has 0 spiro atoms. The lowest BCUT2D eigenvalue weighted by Gasteiger charge is -2.30. The van der Waals surface area contributed by atoms with Crippen molar-refractivity contribution in [2.24, 2.45) is 0 Å². The molecule has 0 aliphatic carbocycles. The van der Waals surface area contributed by atoms with E-state index in [1.165, 1.54) is 0 Å². The topological polar surface area (TPSA) is 47.4 Å². The summed E-state index contributed by atoms with van der Waals surface area (Å²) >= 11 is 3.65. The van der Waals surface area contributed by atoms with Crippen LogP contribution in [0.3, 0.4) is 0 Å². The number of nitrogens with zero attached hydrogens (tertiary/aromatic N) is 3. The van der Waals surface area contributed by atoms with Crippen LogP contribution in [0.2, 0.25) is 0 Å². The van der Waals surface area contributed by atoms with Crippen LogP contribution < -0.4 is 0 Å². The second-order valence-electron chi connectivity index (χ2n) is 6.60. The van der Waals surface area contributed by atoms with Crippen molar-refractivity contribution in [1.82, 2.24) is 14.7 Å². The standard InChI is InChI=1S/C17H20BrN3O2/c1-17(2,3)23-16(22)20-9-10-21-13(11-20)14(18)15(19-21)12-7-5-4-6-8-12/h4-8H,9-11H2,1-3H3. The van der Waals surface area contributed by atoms with Crippen molar-refractivity contribution in [1.29, 1.82) is 0 Å².